The number of aromatic nitrogens is 1. The van der Waals surface area contributed by atoms with Gasteiger partial charge in [0.05, 0.1) is 21.5 Å². The Morgan fingerprint density at radius 2 is 2.13 bits per heavy atom. The molecule has 0 radical (unpaired) electrons. The Bertz CT molecular complexity index is 1030. The average Bonchev–Trinajstić information content (AvgIpc) is 3.12. The molecule has 2 aliphatic carbocycles. The normalized spacial score (nSPS) is 14.4. The third-order valence-corrected chi connectivity index (χ3v) is 4.72. The van der Waals surface area contributed by atoms with Crippen LogP contribution < -0.4 is 15.2 Å². The molecule has 0 aliphatic heterocycles. The fourth-order valence-corrected chi connectivity index (χ4v) is 3.59. The summed E-state index contributed by atoms with van der Waals surface area (Å²) in [5.41, 5.74) is 3.48. The van der Waals surface area contributed by atoms with E-state index in [0.29, 0.717) is 16.3 Å². The molecule has 0 bridgehead atoms. The van der Waals surface area contributed by atoms with E-state index >= 15 is 0 Å². The molecule has 0 spiro atoms. The summed E-state index contributed by atoms with van der Waals surface area (Å²) in [4.78, 5) is 16.8. The maximum Gasteiger partial charge on any atom is 0.257 e. The number of amides is 1. The summed E-state index contributed by atoms with van der Waals surface area (Å²) in [5, 5.41) is 13.2. The number of allylic oxidation sites excluding steroid dienone is 4. The number of hydrogen-bond acceptors (Lipinski definition) is 4. The van der Waals surface area contributed by atoms with E-state index in [2.05, 4.69) is 34.6 Å². The quantitative estimate of drug-likeness (QED) is 0.922. The third-order valence-electron chi connectivity index (χ3n) is 3.80. The molecule has 4 nitrogen and oxygen atoms in total. The molecule has 0 saturated carbocycles. The van der Waals surface area contributed by atoms with Crippen molar-refractivity contribution in [3.8, 4) is 6.07 Å². The third kappa shape index (κ3) is 2.39. The highest BCUT2D eigenvalue weighted by Crippen LogP contribution is 2.24. The van der Waals surface area contributed by atoms with Gasteiger partial charge in [-0.05, 0) is 47.9 Å². The molecule has 2 aliphatic rings. The predicted octanol–water partition coefficient (Wildman–Crippen LogP) is 2.10. The van der Waals surface area contributed by atoms with Gasteiger partial charge in [-0.2, -0.15) is 5.26 Å². The van der Waals surface area contributed by atoms with Crippen LogP contribution in [-0.2, 0) is 0 Å². The zero-order valence-corrected chi connectivity index (χ0v) is 12.9. The first-order valence-corrected chi connectivity index (χ1v) is 7.97. The lowest BCUT2D eigenvalue weighted by molar-refractivity contribution is 0.102. The van der Waals surface area contributed by atoms with E-state index in [1.54, 1.807) is 24.3 Å². The van der Waals surface area contributed by atoms with Gasteiger partial charge in [-0.1, -0.05) is 29.6 Å². The summed E-state index contributed by atoms with van der Waals surface area (Å²) in [6, 6.07) is 8.58. The van der Waals surface area contributed by atoms with Crippen molar-refractivity contribution >= 4 is 34.0 Å². The number of nitrogens with one attached hydrogen (secondary N) is 1. The van der Waals surface area contributed by atoms with Crippen LogP contribution in [-0.4, -0.2) is 10.9 Å². The second-order valence-electron chi connectivity index (χ2n) is 5.25. The number of carbonyl (C=O) groups excluding carboxylic acids is 1. The van der Waals surface area contributed by atoms with Crippen LogP contribution in [0.2, 0.25) is 0 Å². The van der Waals surface area contributed by atoms with Crippen LogP contribution in [0.5, 0.6) is 0 Å². The van der Waals surface area contributed by atoms with E-state index in [1.165, 1.54) is 22.5 Å². The number of benzene rings is 1. The van der Waals surface area contributed by atoms with Gasteiger partial charge in [0.25, 0.3) is 5.91 Å². The molecule has 1 heterocycles. The molecule has 0 atom stereocenters. The highest BCUT2D eigenvalue weighted by Gasteiger charge is 2.17. The van der Waals surface area contributed by atoms with Gasteiger partial charge in [0, 0.05) is 5.56 Å². The molecule has 2 aromatic rings. The number of carbonyl (C=O) groups is 1. The zero-order valence-electron chi connectivity index (χ0n) is 12.0. The van der Waals surface area contributed by atoms with Gasteiger partial charge >= 0.3 is 0 Å². The molecule has 0 unspecified atom stereocenters. The number of fused-ring (bicyclic) bond motifs is 2. The second kappa shape index (κ2) is 5.34. The first-order chi connectivity index (χ1) is 11.2. The standard InChI is InChI=1S/C18H11N3OS/c19-10-11-5-7-12(8-6-11)17(22)21-18-20-16-14-4-2-1-3-13(14)9-15(16)23-18/h1-3,5-9H,4H2,(H,20,21,22). The number of nitrogens with zero attached hydrogens (tertiary/aromatic N) is 2. The van der Waals surface area contributed by atoms with Gasteiger partial charge in [0.2, 0.25) is 0 Å². The van der Waals surface area contributed by atoms with Crippen molar-refractivity contribution in [1.29, 1.82) is 5.26 Å². The predicted molar refractivity (Wildman–Crippen MR) is 90.2 cm³/mol. The van der Waals surface area contributed by atoms with Crippen LogP contribution in [0, 0.1) is 11.3 Å². The molecular formula is C18H11N3OS. The molecule has 5 heteroatoms. The summed E-state index contributed by atoms with van der Waals surface area (Å²) in [6.45, 7) is 0. The Morgan fingerprint density at radius 3 is 2.91 bits per heavy atom. The Morgan fingerprint density at radius 1 is 1.30 bits per heavy atom. The van der Waals surface area contributed by atoms with Gasteiger partial charge < -0.3 is 0 Å². The van der Waals surface area contributed by atoms with Crippen molar-refractivity contribution in [2.45, 2.75) is 6.42 Å². The second-order valence-corrected chi connectivity index (χ2v) is 6.28. The maximum absolute atomic E-state index is 12.3. The smallest absolute Gasteiger partial charge is 0.257 e. The van der Waals surface area contributed by atoms with E-state index in [-0.39, 0.29) is 5.91 Å². The Kier molecular flexibility index (Phi) is 3.18. The number of rotatable bonds is 2. The number of nitriles is 1. The van der Waals surface area contributed by atoms with Crippen molar-refractivity contribution < 1.29 is 4.79 Å². The summed E-state index contributed by atoms with van der Waals surface area (Å²) in [7, 11) is 0. The van der Waals surface area contributed by atoms with Gasteiger partial charge in [-0.25, -0.2) is 4.98 Å². The zero-order chi connectivity index (χ0) is 15.8. The lowest BCUT2D eigenvalue weighted by Crippen LogP contribution is -2.20. The minimum Gasteiger partial charge on any atom is -0.298 e. The molecule has 1 aromatic heterocycles. The van der Waals surface area contributed by atoms with Crippen molar-refractivity contribution in [3.05, 3.63) is 69.1 Å². The molecule has 1 amide bonds. The first kappa shape index (κ1) is 13.7. The van der Waals surface area contributed by atoms with E-state index in [0.717, 1.165) is 16.3 Å². The largest absolute Gasteiger partial charge is 0.298 e. The molecule has 110 valence electrons. The van der Waals surface area contributed by atoms with Crippen LogP contribution in [0.25, 0.3) is 11.6 Å². The number of anilines is 1. The molecular weight excluding hydrogens is 306 g/mol. The molecule has 1 aromatic carbocycles. The van der Waals surface area contributed by atoms with Crippen molar-refractivity contribution in [1.82, 2.24) is 4.98 Å². The number of thiazole rings is 1. The summed E-state index contributed by atoms with van der Waals surface area (Å²) in [6.07, 6.45) is 9.24. The van der Waals surface area contributed by atoms with Crippen LogP contribution in [0.1, 0.15) is 22.3 Å². The van der Waals surface area contributed by atoms with Crippen molar-refractivity contribution in [2.24, 2.45) is 0 Å². The van der Waals surface area contributed by atoms with E-state index in [9.17, 15) is 4.79 Å². The maximum atomic E-state index is 12.3. The average molecular weight is 317 g/mol. The molecule has 0 saturated heterocycles. The molecule has 1 N–H and O–H groups in total. The highest BCUT2D eigenvalue weighted by atomic mass is 32.1. The fourth-order valence-electron chi connectivity index (χ4n) is 2.65. The minimum atomic E-state index is -0.216. The number of hydrogen-bond donors (Lipinski definition) is 1. The Labute approximate surface area is 136 Å². The van der Waals surface area contributed by atoms with Crippen LogP contribution in [0.4, 0.5) is 5.13 Å². The molecule has 0 fully saturated rings. The SMILES string of the molecule is N#Cc1ccc(C(=O)Nc2nc3c(s2)=CC2=CC=CCC=32)cc1. The van der Waals surface area contributed by atoms with Gasteiger partial charge in [-0.3, -0.25) is 10.1 Å². The van der Waals surface area contributed by atoms with Crippen LogP contribution >= 0.6 is 11.3 Å². The van der Waals surface area contributed by atoms with Gasteiger partial charge in [0.1, 0.15) is 0 Å². The Hall–Kier alpha value is -2.97. The summed E-state index contributed by atoms with van der Waals surface area (Å²) >= 11 is 1.48. The van der Waals surface area contributed by atoms with Crippen molar-refractivity contribution in [2.75, 3.05) is 5.32 Å². The summed E-state index contributed by atoms with van der Waals surface area (Å²) in [5.74, 6) is -0.216. The molecule has 23 heavy (non-hydrogen) atoms. The van der Waals surface area contributed by atoms with Gasteiger partial charge in [-0.15, -0.1) is 0 Å². The monoisotopic (exact) mass is 317 g/mol. The lowest BCUT2D eigenvalue weighted by Gasteiger charge is -2.05. The van der Waals surface area contributed by atoms with Crippen molar-refractivity contribution in [3.63, 3.8) is 0 Å². The first-order valence-electron chi connectivity index (χ1n) is 7.15. The fraction of sp³-hybridized carbons (Fsp3) is 0.0556. The van der Waals surface area contributed by atoms with E-state index < -0.39 is 0 Å². The van der Waals surface area contributed by atoms with Crippen LogP contribution in [0.3, 0.4) is 0 Å². The Balaban J connectivity index is 1.61. The molecule has 4 rings (SSSR count). The lowest BCUT2D eigenvalue weighted by atomic mass is 10.0. The summed E-state index contributed by atoms with van der Waals surface area (Å²) < 4.78 is 1.09. The highest BCUT2D eigenvalue weighted by molar-refractivity contribution is 7.13. The van der Waals surface area contributed by atoms with E-state index in [1.807, 2.05) is 6.07 Å². The van der Waals surface area contributed by atoms with E-state index in [4.69, 9.17) is 5.26 Å². The van der Waals surface area contributed by atoms with Gasteiger partial charge in [0.15, 0.2) is 5.13 Å². The van der Waals surface area contributed by atoms with Crippen LogP contribution in [0.15, 0.2) is 48.1 Å². The topological polar surface area (TPSA) is 65.8 Å². The minimum absolute atomic E-state index is 0.216.